The summed E-state index contributed by atoms with van der Waals surface area (Å²) in [4.78, 5) is 14.4. The molecule has 0 unspecified atom stereocenters. The minimum absolute atomic E-state index is 0. The highest BCUT2D eigenvalue weighted by Crippen LogP contribution is 2.23. The summed E-state index contributed by atoms with van der Waals surface area (Å²) in [7, 11) is 0. The van der Waals surface area contributed by atoms with Gasteiger partial charge in [-0.1, -0.05) is 0 Å². The number of nitrogens with zero attached hydrogens (tertiary/aromatic N) is 3. The smallest absolute Gasteiger partial charge is 0.251 e. The lowest BCUT2D eigenvalue weighted by molar-refractivity contribution is -0.143. The van der Waals surface area contributed by atoms with Crippen molar-refractivity contribution in [2.75, 3.05) is 25.0 Å². The van der Waals surface area contributed by atoms with E-state index < -0.39 is 0 Å². The molecule has 2 aliphatic rings. The molecule has 0 saturated carbocycles. The Balaban J connectivity index is 0.00000144. The van der Waals surface area contributed by atoms with Gasteiger partial charge in [0.25, 0.3) is 5.91 Å². The molecule has 1 aromatic rings. The van der Waals surface area contributed by atoms with Crippen molar-refractivity contribution < 1.29 is 9.53 Å². The van der Waals surface area contributed by atoms with Crippen molar-refractivity contribution in [1.82, 2.24) is 15.1 Å². The topological polar surface area (TPSA) is 93.4 Å². The van der Waals surface area contributed by atoms with E-state index in [4.69, 9.17) is 10.5 Å². The van der Waals surface area contributed by atoms with E-state index in [1.807, 2.05) is 17.0 Å². The summed E-state index contributed by atoms with van der Waals surface area (Å²) in [5, 5.41) is 11.3. The number of hydrogen-bond acceptors (Lipinski definition) is 6. The van der Waals surface area contributed by atoms with Gasteiger partial charge in [0.2, 0.25) is 0 Å². The quantitative estimate of drug-likeness (QED) is 0.819. The van der Waals surface area contributed by atoms with Gasteiger partial charge in [0.1, 0.15) is 11.9 Å². The Labute approximate surface area is 154 Å². The molecule has 2 saturated heterocycles. The van der Waals surface area contributed by atoms with Gasteiger partial charge in [-0.15, -0.1) is 29.9 Å². The van der Waals surface area contributed by atoms with Crippen LogP contribution in [0.2, 0.25) is 0 Å². The zero-order valence-corrected chi connectivity index (χ0v) is 15.1. The second-order valence-electron chi connectivity index (χ2n) is 5.91. The number of anilines is 1. The molecule has 0 spiro atoms. The number of ether oxygens (including phenoxy) is 1. The second-order valence-corrected chi connectivity index (χ2v) is 5.91. The minimum Gasteiger partial charge on any atom is -0.366 e. The summed E-state index contributed by atoms with van der Waals surface area (Å²) in [6.07, 6.45) is 4.91. The largest absolute Gasteiger partial charge is 0.366 e. The molecule has 2 atom stereocenters. The predicted molar refractivity (Wildman–Crippen MR) is 96.7 cm³/mol. The fourth-order valence-electron chi connectivity index (χ4n) is 3.10. The van der Waals surface area contributed by atoms with Crippen molar-refractivity contribution >= 4 is 36.5 Å². The van der Waals surface area contributed by atoms with Crippen LogP contribution < -0.4 is 11.1 Å². The third kappa shape index (κ3) is 5.17. The Morgan fingerprint density at radius 3 is 2.62 bits per heavy atom. The highest BCUT2D eigenvalue weighted by atomic mass is 35.5. The second kappa shape index (κ2) is 9.98. The summed E-state index contributed by atoms with van der Waals surface area (Å²) in [6, 6.07) is 4.10. The van der Waals surface area contributed by atoms with Gasteiger partial charge in [-0.25, -0.2) is 0 Å². The number of piperidine rings is 1. The first-order valence-electron chi connectivity index (χ1n) is 7.95. The fraction of sp³-hybridized carbons (Fsp3) is 0.667. The Morgan fingerprint density at radius 2 is 2.04 bits per heavy atom. The van der Waals surface area contributed by atoms with Gasteiger partial charge in [-0.2, -0.15) is 5.10 Å². The summed E-state index contributed by atoms with van der Waals surface area (Å²) in [6.45, 7) is 2.00. The number of amides is 1. The van der Waals surface area contributed by atoms with Crippen LogP contribution in [0.1, 0.15) is 25.7 Å². The number of aromatic nitrogens is 2. The molecule has 2 fully saturated rings. The third-order valence-electron chi connectivity index (χ3n) is 4.38. The van der Waals surface area contributed by atoms with Crippen LogP contribution >= 0.6 is 24.8 Å². The van der Waals surface area contributed by atoms with Gasteiger partial charge in [0, 0.05) is 31.9 Å². The fourth-order valence-corrected chi connectivity index (χ4v) is 3.10. The van der Waals surface area contributed by atoms with Crippen LogP contribution in [0.15, 0.2) is 18.3 Å². The number of carbonyl (C=O) groups excluding carboxylic acids is 1. The van der Waals surface area contributed by atoms with E-state index in [1.165, 1.54) is 0 Å². The number of nitrogens with two attached hydrogens (primary N) is 1. The van der Waals surface area contributed by atoms with Crippen molar-refractivity contribution in [3.8, 4) is 0 Å². The molecule has 9 heteroatoms. The predicted octanol–water partition coefficient (Wildman–Crippen LogP) is 1.23. The molecule has 0 aliphatic carbocycles. The standard InChI is InChI=1S/C15H23N5O2.2ClH/c16-10-12-3-4-13(22-12)15(21)20-8-5-11(6-9-20)18-14-2-1-7-17-19-14;;/h1-2,7,11-13H,3-6,8-10,16H2,(H,18,19);2*1H/t12-,13+;;/m1../s1. The summed E-state index contributed by atoms with van der Waals surface area (Å²) in [5.74, 6) is 0.908. The number of nitrogens with one attached hydrogen (secondary N) is 1. The van der Waals surface area contributed by atoms with E-state index in [0.717, 1.165) is 44.6 Å². The van der Waals surface area contributed by atoms with E-state index >= 15 is 0 Å². The summed E-state index contributed by atoms with van der Waals surface area (Å²) >= 11 is 0. The molecule has 3 heterocycles. The molecule has 0 radical (unpaired) electrons. The maximum Gasteiger partial charge on any atom is 0.251 e. The average molecular weight is 378 g/mol. The summed E-state index contributed by atoms with van der Waals surface area (Å²) < 4.78 is 5.70. The molecule has 0 aromatic carbocycles. The zero-order valence-electron chi connectivity index (χ0n) is 13.5. The normalized spacial score (nSPS) is 24.0. The van der Waals surface area contributed by atoms with Gasteiger partial charge in [-0.3, -0.25) is 4.79 Å². The average Bonchev–Trinajstić information content (AvgIpc) is 3.05. The molecule has 3 N–H and O–H groups in total. The molecule has 3 rings (SSSR count). The zero-order chi connectivity index (χ0) is 15.4. The molecule has 7 nitrogen and oxygen atoms in total. The molecule has 1 aromatic heterocycles. The first-order chi connectivity index (χ1) is 10.8. The van der Waals surface area contributed by atoms with Gasteiger partial charge < -0.3 is 20.7 Å². The van der Waals surface area contributed by atoms with Crippen molar-refractivity contribution in [3.63, 3.8) is 0 Å². The first-order valence-corrected chi connectivity index (χ1v) is 7.95. The van der Waals surface area contributed by atoms with Crippen molar-refractivity contribution in [2.45, 2.75) is 43.9 Å². The molecule has 0 bridgehead atoms. The third-order valence-corrected chi connectivity index (χ3v) is 4.38. The SMILES string of the molecule is Cl.Cl.NC[C@H]1CC[C@@H](C(=O)N2CCC(Nc3cccnn3)CC2)O1. The number of carbonyl (C=O) groups is 1. The highest BCUT2D eigenvalue weighted by molar-refractivity contribution is 5.85. The molecular weight excluding hydrogens is 353 g/mol. The number of halogens is 2. The van der Waals surface area contributed by atoms with E-state index in [9.17, 15) is 4.79 Å². The van der Waals surface area contributed by atoms with E-state index in [2.05, 4.69) is 15.5 Å². The molecule has 2 aliphatic heterocycles. The van der Waals surface area contributed by atoms with Crippen LogP contribution in [0.3, 0.4) is 0 Å². The van der Waals surface area contributed by atoms with Crippen molar-refractivity contribution in [1.29, 1.82) is 0 Å². The Morgan fingerprint density at radius 1 is 1.29 bits per heavy atom. The van der Waals surface area contributed by atoms with Crippen LogP contribution in [0.4, 0.5) is 5.82 Å². The lowest BCUT2D eigenvalue weighted by Gasteiger charge is -2.33. The molecule has 136 valence electrons. The Kier molecular flexibility index (Phi) is 8.69. The lowest BCUT2D eigenvalue weighted by atomic mass is 10.0. The van der Waals surface area contributed by atoms with Gasteiger partial charge >= 0.3 is 0 Å². The molecule has 1 amide bonds. The van der Waals surface area contributed by atoms with Crippen molar-refractivity contribution in [3.05, 3.63) is 18.3 Å². The van der Waals surface area contributed by atoms with Gasteiger partial charge in [0.15, 0.2) is 0 Å². The van der Waals surface area contributed by atoms with Crippen LogP contribution in [-0.4, -0.2) is 58.9 Å². The van der Waals surface area contributed by atoms with Crippen LogP contribution in [0.25, 0.3) is 0 Å². The monoisotopic (exact) mass is 377 g/mol. The number of hydrogen-bond donors (Lipinski definition) is 2. The Bertz CT molecular complexity index is 500. The van der Waals surface area contributed by atoms with Crippen LogP contribution in [0, 0.1) is 0 Å². The highest BCUT2D eigenvalue weighted by Gasteiger charge is 2.34. The van der Waals surface area contributed by atoms with Gasteiger partial charge in [0.05, 0.1) is 6.10 Å². The van der Waals surface area contributed by atoms with E-state index in [1.54, 1.807) is 6.20 Å². The molecule has 24 heavy (non-hydrogen) atoms. The van der Waals surface area contributed by atoms with Crippen LogP contribution in [0.5, 0.6) is 0 Å². The van der Waals surface area contributed by atoms with Gasteiger partial charge in [-0.05, 0) is 37.8 Å². The van der Waals surface area contributed by atoms with Crippen LogP contribution in [-0.2, 0) is 9.53 Å². The maximum absolute atomic E-state index is 12.4. The molecular formula is C15H25Cl2N5O2. The lowest BCUT2D eigenvalue weighted by Crippen LogP contribution is -2.46. The maximum atomic E-state index is 12.4. The van der Waals surface area contributed by atoms with Crippen molar-refractivity contribution in [2.24, 2.45) is 5.73 Å². The first kappa shape index (κ1) is 20.9. The number of rotatable bonds is 4. The van der Waals surface area contributed by atoms with E-state index in [0.29, 0.717) is 12.6 Å². The minimum atomic E-state index is -0.293. The Hall–Kier alpha value is -1.15. The summed E-state index contributed by atoms with van der Waals surface area (Å²) in [5.41, 5.74) is 5.60. The van der Waals surface area contributed by atoms with E-state index in [-0.39, 0.29) is 42.9 Å². The number of likely N-dealkylation sites (tertiary alicyclic amines) is 1.